The second-order valence-electron chi connectivity index (χ2n) is 7.43. The van der Waals surface area contributed by atoms with E-state index < -0.39 is 5.60 Å². The van der Waals surface area contributed by atoms with Crippen LogP contribution in [-0.2, 0) is 4.74 Å². The molecule has 2 rings (SSSR count). The first kappa shape index (κ1) is 21.0. The lowest BCUT2D eigenvalue weighted by Crippen LogP contribution is -2.50. The van der Waals surface area contributed by atoms with Crippen LogP contribution >= 0.6 is 22.6 Å². The average molecular weight is 473 g/mol. The van der Waals surface area contributed by atoms with Gasteiger partial charge in [-0.2, -0.15) is 0 Å². The number of hydrogen-bond acceptors (Lipinski definition) is 4. The van der Waals surface area contributed by atoms with Crippen molar-refractivity contribution >= 4 is 34.6 Å². The molecule has 0 bridgehead atoms. The van der Waals surface area contributed by atoms with E-state index in [0.29, 0.717) is 25.2 Å². The smallest absolute Gasteiger partial charge is 0.410 e. The molecule has 0 saturated carbocycles. The molecule has 144 valence electrons. The molecule has 26 heavy (non-hydrogen) atoms. The van der Waals surface area contributed by atoms with Gasteiger partial charge in [0.1, 0.15) is 5.60 Å². The number of benzene rings is 1. The van der Waals surface area contributed by atoms with E-state index in [4.69, 9.17) is 4.74 Å². The predicted octanol–water partition coefficient (Wildman–Crippen LogP) is 2.96. The van der Waals surface area contributed by atoms with Gasteiger partial charge in [-0.05, 0) is 74.5 Å². The van der Waals surface area contributed by atoms with Crippen LogP contribution in [0, 0.1) is 3.57 Å². The van der Waals surface area contributed by atoms with E-state index >= 15 is 0 Å². The number of amides is 2. The molecule has 7 heteroatoms. The van der Waals surface area contributed by atoms with Crippen molar-refractivity contribution in [3.05, 3.63) is 33.4 Å². The predicted molar refractivity (Wildman–Crippen MR) is 110 cm³/mol. The number of carbonyl (C=O) groups is 2. The van der Waals surface area contributed by atoms with Crippen LogP contribution in [0.25, 0.3) is 0 Å². The topological polar surface area (TPSA) is 61.9 Å². The summed E-state index contributed by atoms with van der Waals surface area (Å²) in [5.41, 5.74) is 0.242. The number of piperazine rings is 1. The lowest BCUT2D eigenvalue weighted by Gasteiger charge is -2.35. The van der Waals surface area contributed by atoms with E-state index in [1.165, 1.54) is 0 Å². The molecule has 0 unspecified atom stereocenters. The Hall–Kier alpha value is -1.35. The number of rotatable bonds is 5. The van der Waals surface area contributed by atoms with Crippen molar-refractivity contribution < 1.29 is 14.3 Å². The summed E-state index contributed by atoms with van der Waals surface area (Å²) in [7, 11) is 0. The maximum Gasteiger partial charge on any atom is 0.410 e. The van der Waals surface area contributed by atoms with E-state index in [1.807, 2.05) is 45.0 Å². The van der Waals surface area contributed by atoms with Crippen molar-refractivity contribution in [2.75, 3.05) is 39.3 Å². The number of halogens is 1. The van der Waals surface area contributed by atoms with E-state index in [2.05, 4.69) is 32.8 Å². The van der Waals surface area contributed by atoms with E-state index in [-0.39, 0.29) is 12.0 Å². The molecule has 1 heterocycles. The molecule has 0 atom stereocenters. The highest BCUT2D eigenvalue weighted by molar-refractivity contribution is 14.1. The summed E-state index contributed by atoms with van der Waals surface area (Å²) in [6.45, 7) is 10.2. The van der Waals surface area contributed by atoms with Gasteiger partial charge in [-0.3, -0.25) is 9.69 Å². The summed E-state index contributed by atoms with van der Waals surface area (Å²) in [6.07, 6.45) is 0.657. The third-order valence-corrected chi connectivity index (χ3v) is 4.72. The Kier molecular flexibility index (Phi) is 7.69. The van der Waals surface area contributed by atoms with Crippen LogP contribution in [0.1, 0.15) is 37.6 Å². The van der Waals surface area contributed by atoms with Crippen molar-refractivity contribution in [1.29, 1.82) is 0 Å². The van der Waals surface area contributed by atoms with Crippen LogP contribution in [0.15, 0.2) is 24.3 Å². The molecule has 1 aliphatic rings. The number of nitrogens with one attached hydrogen (secondary N) is 1. The number of carbonyl (C=O) groups excluding carboxylic acids is 2. The van der Waals surface area contributed by atoms with Gasteiger partial charge in [-0.1, -0.05) is 6.07 Å². The van der Waals surface area contributed by atoms with E-state index in [9.17, 15) is 9.59 Å². The summed E-state index contributed by atoms with van der Waals surface area (Å²) >= 11 is 2.20. The number of ether oxygens (including phenoxy) is 1. The summed E-state index contributed by atoms with van der Waals surface area (Å²) in [5.74, 6) is -0.0294. The van der Waals surface area contributed by atoms with Gasteiger partial charge in [0.05, 0.1) is 0 Å². The van der Waals surface area contributed by atoms with Gasteiger partial charge in [0, 0.05) is 41.9 Å². The standard InChI is InChI=1S/C19H28IN3O3/c1-19(2,3)26-18(25)23-12-10-22(11-13-23)9-5-8-21-17(24)15-6-4-7-16(20)14-15/h4,6-7,14H,5,8-13H2,1-3H3,(H,21,24). The molecular formula is C19H28IN3O3. The summed E-state index contributed by atoms with van der Waals surface area (Å²) < 4.78 is 6.46. The molecule has 1 saturated heterocycles. The van der Waals surface area contributed by atoms with Crippen molar-refractivity contribution in [1.82, 2.24) is 15.1 Å². The third-order valence-electron chi connectivity index (χ3n) is 4.05. The number of hydrogen-bond donors (Lipinski definition) is 1. The van der Waals surface area contributed by atoms with E-state index in [0.717, 1.165) is 29.6 Å². The SMILES string of the molecule is CC(C)(C)OC(=O)N1CCN(CCCNC(=O)c2cccc(I)c2)CC1. The summed E-state index contributed by atoms with van der Waals surface area (Å²) in [5, 5.41) is 2.97. The first-order valence-corrected chi connectivity index (χ1v) is 10.1. The van der Waals surface area contributed by atoms with Crippen molar-refractivity contribution in [3.8, 4) is 0 Å². The van der Waals surface area contributed by atoms with Gasteiger partial charge in [0.25, 0.3) is 5.91 Å². The minimum atomic E-state index is -0.455. The maximum atomic E-state index is 12.1. The molecule has 0 radical (unpaired) electrons. The summed E-state index contributed by atoms with van der Waals surface area (Å²) in [6, 6.07) is 7.56. The second kappa shape index (κ2) is 9.55. The normalized spacial score (nSPS) is 15.6. The van der Waals surface area contributed by atoms with Gasteiger partial charge < -0.3 is 15.0 Å². The average Bonchev–Trinajstić information content (AvgIpc) is 2.57. The molecule has 0 aromatic heterocycles. The Morgan fingerprint density at radius 1 is 1.19 bits per heavy atom. The maximum absolute atomic E-state index is 12.1. The van der Waals surface area contributed by atoms with Crippen LogP contribution in [0.2, 0.25) is 0 Å². The van der Waals surface area contributed by atoms with Crippen LogP contribution in [0.3, 0.4) is 0 Å². The lowest BCUT2D eigenvalue weighted by molar-refractivity contribution is 0.0144. The minimum absolute atomic E-state index is 0.0294. The molecular weight excluding hydrogens is 445 g/mol. The van der Waals surface area contributed by atoms with Gasteiger partial charge in [0.2, 0.25) is 0 Å². The van der Waals surface area contributed by atoms with Crippen molar-refractivity contribution in [2.45, 2.75) is 32.8 Å². The fourth-order valence-corrected chi connectivity index (χ4v) is 3.26. The first-order valence-electron chi connectivity index (χ1n) is 8.99. The highest BCUT2D eigenvalue weighted by atomic mass is 127. The highest BCUT2D eigenvalue weighted by Gasteiger charge is 2.25. The first-order chi connectivity index (χ1) is 12.2. The molecule has 2 amide bonds. The lowest BCUT2D eigenvalue weighted by atomic mass is 10.2. The zero-order valence-electron chi connectivity index (χ0n) is 15.8. The van der Waals surface area contributed by atoms with Gasteiger partial charge in [0.15, 0.2) is 0 Å². The van der Waals surface area contributed by atoms with Crippen molar-refractivity contribution in [3.63, 3.8) is 0 Å². The fraction of sp³-hybridized carbons (Fsp3) is 0.579. The monoisotopic (exact) mass is 473 g/mol. The van der Waals surface area contributed by atoms with Gasteiger partial charge >= 0.3 is 6.09 Å². The Bertz CT molecular complexity index is 623. The van der Waals surface area contributed by atoms with Gasteiger partial charge in [-0.15, -0.1) is 0 Å². The van der Waals surface area contributed by atoms with Crippen LogP contribution in [0.4, 0.5) is 4.79 Å². The molecule has 1 N–H and O–H groups in total. The zero-order valence-corrected chi connectivity index (χ0v) is 17.9. The molecule has 1 aromatic carbocycles. The Morgan fingerprint density at radius 3 is 2.50 bits per heavy atom. The molecule has 6 nitrogen and oxygen atoms in total. The molecule has 1 fully saturated rings. The minimum Gasteiger partial charge on any atom is -0.444 e. The Balaban J connectivity index is 1.63. The summed E-state index contributed by atoms with van der Waals surface area (Å²) in [4.78, 5) is 28.2. The second-order valence-corrected chi connectivity index (χ2v) is 8.67. The third kappa shape index (κ3) is 7.11. The Labute approximate surface area is 169 Å². The fourth-order valence-electron chi connectivity index (χ4n) is 2.72. The molecule has 1 aromatic rings. The van der Waals surface area contributed by atoms with E-state index in [1.54, 1.807) is 4.90 Å². The highest BCUT2D eigenvalue weighted by Crippen LogP contribution is 2.12. The largest absolute Gasteiger partial charge is 0.444 e. The molecule has 0 aliphatic carbocycles. The van der Waals surface area contributed by atoms with Crippen LogP contribution in [-0.4, -0.2) is 66.7 Å². The zero-order chi connectivity index (χ0) is 19.2. The Morgan fingerprint density at radius 2 is 1.88 bits per heavy atom. The molecule has 0 spiro atoms. The molecule has 1 aliphatic heterocycles. The van der Waals surface area contributed by atoms with Crippen molar-refractivity contribution in [2.24, 2.45) is 0 Å². The number of nitrogens with zero attached hydrogens (tertiary/aromatic N) is 2. The van der Waals surface area contributed by atoms with Crippen LogP contribution < -0.4 is 5.32 Å². The van der Waals surface area contributed by atoms with Gasteiger partial charge in [-0.25, -0.2) is 4.79 Å². The van der Waals surface area contributed by atoms with Crippen LogP contribution in [0.5, 0.6) is 0 Å². The quantitative estimate of drug-likeness (QED) is 0.528.